The maximum Gasteiger partial charge on any atom is 0.407 e. The largest absolute Gasteiger partial charge is 0.444 e. The molecule has 0 aromatic rings. The van der Waals surface area contributed by atoms with Crippen LogP contribution in [0.1, 0.15) is 72.1 Å². The van der Waals surface area contributed by atoms with E-state index in [0.29, 0.717) is 25.0 Å². The van der Waals surface area contributed by atoms with Crippen LogP contribution in [0.25, 0.3) is 0 Å². The molecule has 0 spiro atoms. The van der Waals surface area contributed by atoms with Crippen LogP contribution in [-0.2, 0) is 4.74 Å². The molecule has 0 bridgehead atoms. The lowest BCUT2D eigenvalue weighted by Gasteiger charge is -2.34. The van der Waals surface area contributed by atoms with E-state index in [9.17, 15) is 9.90 Å². The van der Waals surface area contributed by atoms with Gasteiger partial charge in [-0.2, -0.15) is 0 Å². The van der Waals surface area contributed by atoms with E-state index in [2.05, 4.69) is 10.6 Å². The Morgan fingerprint density at radius 2 is 1.87 bits per heavy atom. The van der Waals surface area contributed by atoms with Crippen LogP contribution in [0, 0.1) is 5.92 Å². The van der Waals surface area contributed by atoms with Crippen LogP contribution in [0.3, 0.4) is 0 Å². The first-order valence-electron chi connectivity index (χ1n) is 9.20. The van der Waals surface area contributed by atoms with Crippen molar-refractivity contribution in [3.8, 4) is 0 Å². The highest BCUT2D eigenvalue weighted by atomic mass is 16.6. The molecule has 2 atom stereocenters. The molecule has 1 amide bonds. The molecule has 2 fully saturated rings. The lowest BCUT2D eigenvalue weighted by molar-refractivity contribution is 0.00153. The van der Waals surface area contributed by atoms with Crippen LogP contribution in [0.2, 0.25) is 0 Å². The molecule has 2 unspecified atom stereocenters. The molecule has 23 heavy (non-hydrogen) atoms. The van der Waals surface area contributed by atoms with E-state index < -0.39 is 11.2 Å². The fraction of sp³-hybridized carbons (Fsp3) is 0.944. The summed E-state index contributed by atoms with van der Waals surface area (Å²) in [6.45, 7) is 6.94. The van der Waals surface area contributed by atoms with Gasteiger partial charge in [-0.1, -0.05) is 25.7 Å². The Morgan fingerprint density at radius 1 is 1.17 bits per heavy atom. The van der Waals surface area contributed by atoms with E-state index in [-0.39, 0.29) is 6.09 Å². The molecule has 5 nitrogen and oxygen atoms in total. The fourth-order valence-corrected chi connectivity index (χ4v) is 3.79. The first-order chi connectivity index (χ1) is 10.8. The molecule has 0 aliphatic heterocycles. The van der Waals surface area contributed by atoms with Crippen LogP contribution in [-0.4, -0.2) is 41.5 Å². The second-order valence-corrected chi connectivity index (χ2v) is 8.35. The van der Waals surface area contributed by atoms with Gasteiger partial charge in [0.2, 0.25) is 0 Å². The summed E-state index contributed by atoms with van der Waals surface area (Å²) in [5.74, 6) is 0.426. The zero-order valence-electron chi connectivity index (χ0n) is 15.0. The Kier molecular flexibility index (Phi) is 6.32. The second-order valence-electron chi connectivity index (χ2n) is 8.35. The number of nitrogens with one attached hydrogen (secondary N) is 2. The number of hydrogen-bond donors (Lipinski definition) is 3. The van der Waals surface area contributed by atoms with Crippen molar-refractivity contribution in [2.45, 2.75) is 89.4 Å². The van der Waals surface area contributed by atoms with Crippen molar-refractivity contribution in [3.05, 3.63) is 0 Å². The van der Waals surface area contributed by atoms with E-state index in [4.69, 9.17) is 4.74 Å². The standard InChI is InChI=1S/C18H34N2O3/c1-17(2,3)23-16(21)19-12-14-8-7-9-15(14)20-13-18(22)10-5-4-6-11-18/h14-15,20,22H,4-13H2,1-3H3,(H,19,21). The number of ether oxygens (including phenoxy) is 1. The smallest absolute Gasteiger partial charge is 0.407 e. The molecule has 2 saturated carbocycles. The summed E-state index contributed by atoms with van der Waals surface area (Å²) >= 11 is 0. The quantitative estimate of drug-likeness (QED) is 0.726. The van der Waals surface area contributed by atoms with Gasteiger partial charge in [-0.05, 0) is 52.4 Å². The minimum absolute atomic E-state index is 0.339. The Hall–Kier alpha value is -0.810. The summed E-state index contributed by atoms with van der Waals surface area (Å²) in [5, 5.41) is 17.1. The number of amides is 1. The first kappa shape index (κ1) is 18.5. The van der Waals surface area contributed by atoms with Gasteiger partial charge >= 0.3 is 6.09 Å². The van der Waals surface area contributed by atoms with E-state index in [1.807, 2.05) is 20.8 Å². The average Bonchev–Trinajstić information content (AvgIpc) is 2.89. The number of rotatable bonds is 5. The Labute approximate surface area is 140 Å². The number of carbonyl (C=O) groups excluding carboxylic acids is 1. The number of hydrogen-bond acceptors (Lipinski definition) is 4. The maximum atomic E-state index is 11.8. The van der Waals surface area contributed by atoms with Gasteiger partial charge < -0.3 is 20.5 Å². The molecular weight excluding hydrogens is 292 g/mol. The molecule has 0 aromatic carbocycles. The zero-order valence-corrected chi connectivity index (χ0v) is 15.0. The van der Waals surface area contributed by atoms with Crippen molar-refractivity contribution in [2.24, 2.45) is 5.92 Å². The molecule has 3 N–H and O–H groups in total. The molecule has 5 heteroatoms. The number of aliphatic hydroxyl groups is 1. The van der Waals surface area contributed by atoms with Crippen molar-refractivity contribution >= 4 is 6.09 Å². The van der Waals surface area contributed by atoms with Gasteiger partial charge in [-0.15, -0.1) is 0 Å². The summed E-state index contributed by atoms with van der Waals surface area (Å²) in [6, 6.07) is 0.385. The van der Waals surface area contributed by atoms with Gasteiger partial charge in [0, 0.05) is 19.1 Å². The van der Waals surface area contributed by atoms with Crippen molar-refractivity contribution in [1.82, 2.24) is 10.6 Å². The maximum absolute atomic E-state index is 11.8. The normalized spacial score (nSPS) is 27.7. The van der Waals surface area contributed by atoms with Crippen molar-refractivity contribution in [2.75, 3.05) is 13.1 Å². The van der Waals surface area contributed by atoms with Gasteiger partial charge in [0.25, 0.3) is 0 Å². The van der Waals surface area contributed by atoms with Crippen LogP contribution in [0.4, 0.5) is 4.79 Å². The van der Waals surface area contributed by atoms with E-state index in [0.717, 1.165) is 38.5 Å². The molecule has 2 rings (SSSR count). The lowest BCUT2D eigenvalue weighted by atomic mass is 9.84. The van der Waals surface area contributed by atoms with Gasteiger partial charge in [-0.3, -0.25) is 0 Å². The van der Waals surface area contributed by atoms with Gasteiger partial charge in [0.15, 0.2) is 0 Å². The molecule has 0 aromatic heterocycles. The van der Waals surface area contributed by atoms with E-state index >= 15 is 0 Å². The summed E-state index contributed by atoms with van der Waals surface area (Å²) in [6.07, 6.45) is 8.40. The molecule has 2 aliphatic rings. The van der Waals surface area contributed by atoms with E-state index in [1.165, 1.54) is 12.8 Å². The highest BCUT2D eigenvalue weighted by Crippen LogP contribution is 2.29. The van der Waals surface area contributed by atoms with Crippen molar-refractivity contribution in [3.63, 3.8) is 0 Å². The zero-order chi connectivity index (χ0) is 16.9. The number of carbonyl (C=O) groups is 1. The average molecular weight is 326 g/mol. The predicted molar refractivity (Wildman–Crippen MR) is 91.4 cm³/mol. The molecular formula is C18H34N2O3. The Bertz CT molecular complexity index is 386. The summed E-state index contributed by atoms with van der Waals surface area (Å²) < 4.78 is 5.29. The van der Waals surface area contributed by atoms with Crippen molar-refractivity contribution in [1.29, 1.82) is 0 Å². The third-order valence-electron chi connectivity index (χ3n) is 5.04. The van der Waals surface area contributed by atoms with Gasteiger partial charge in [-0.25, -0.2) is 4.79 Å². The third kappa shape index (κ3) is 6.30. The third-order valence-corrected chi connectivity index (χ3v) is 5.04. The first-order valence-corrected chi connectivity index (χ1v) is 9.20. The summed E-state index contributed by atoms with van der Waals surface area (Å²) in [7, 11) is 0. The molecule has 0 radical (unpaired) electrons. The molecule has 2 aliphatic carbocycles. The van der Waals surface area contributed by atoms with Crippen LogP contribution >= 0.6 is 0 Å². The summed E-state index contributed by atoms with van der Waals surface area (Å²) in [4.78, 5) is 11.8. The monoisotopic (exact) mass is 326 g/mol. The minimum atomic E-state index is -0.524. The topological polar surface area (TPSA) is 70.6 Å². The highest BCUT2D eigenvalue weighted by molar-refractivity contribution is 5.67. The van der Waals surface area contributed by atoms with Crippen LogP contribution in [0.15, 0.2) is 0 Å². The van der Waals surface area contributed by atoms with Gasteiger partial charge in [0.05, 0.1) is 5.60 Å². The van der Waals surface area contributed by atoms with Crippen molar-refractivity contribution < 1.29 is 14.6 Å². The number of alkyl carbamates (subject to hydrolysis) is 1. The van der Waals surface area contributed by atoms with Gasteiger partial charge in [0.1, 0.15) is 5.60 Å². The molecule has 134 valence electrons. The van der Waals surface area contributed by atoms with E-state index in [1.54, 1.807) is 0 Å². The Balaban J connectivity index is 1.73. The summed E-state index contributed by atoms with van der Waals surface area (Å²) in [5.41, 5.74) is -0.981. The second kappa shape index (κ2) is 7.84. The molecule has 0 saturated heterocycles. The van der Waals surface area contributed by atoms with Crippen LogP contribution < -0.4 is 10.6 Å². The fourth-order valence-electron chi connectivity index (χ4n) is 3.79. The predicted octanol–water partition coefficient (Wildman–Crippen LogP) is 2.96. The highest BCUT2D eigenvalue weighted by Gasteiger charge is 2.33. The van der Waals surface area contributed by atoms with Crippen LogP contribution in [0.5, 0.6) is 0 Å². The Morgan fingerprint density at radius 3 is 2.52 bits per heavy atom. The SMILES string of the molecule is CC(C)(C)OC(=O)NCC1CCCC1NCC1(O)CCCCC1. The lowest BCUT2D eigenvalue weighted by Crippen LogP contribution is -2.48. The minimum Gasteiger partial charge on any atom is -0.444 e. The molecule has 0 heterocycles.